The molecular formula is C25H24N4O2S. The number of anilines is 1. The molecule has 162 valence electrons. The zero-order valence-electron chi connectivity index (χ0n) is 18.0. The van der Waals surface area contributed by atoms with Crippen LogP contribution in [0, 0.1) is 0 Å². The van der Waals surface area contributed by atoms with Crippen LogP contribution in [-0.4, -0.2) is 28.7 Å². The molecule has 2 heterocycles. The normalized spacial score (nSPS) is 13.2. The molecule has 0 unspecified atom stereocenters. The van der Waals surface area contributed by atoms with Gasteiger partial charge in [0.25, 0.3) is 0 Å². The average Bonchev–Trinajstić information content (AvgIpc) is 3.36. The van der Waals surface area contributed by atoms with Gasteiger partial charge < -0.3 is 4.57 Å². The number of sulfonamides is 1. The fourth-order valence-electron chi connectivity index (χ4n) is 4.18. The molecule has 2 aromatic heterocycles. The van der Waals surface area contributed by atoms with Gasteiger partial charge >= 0.3 is 0 Å². The minimum Gasteiger partial charge on any atom is -0.334 e. The molecule has 0 aliphatic heterocycles. The van der Waals surface area contributed by atoms with E-state index in [1.807, 2.05) is 55.3 Å². The lowest BCUT2D eigenvalue weighted by molar-refractivity contribution is 0.600. The maximum absolute atomic E-state index is 12.2. The van der Waals surface area contributed by atoms with Crippen molar-refractivity contribution in [2.75, 3.05) is 10.5 Å². The minimum atomic E-state index is -3.34. The van der Waals surface area contributed by atoms with Gasteiger partial charge in [0.2, 0.25) is 10.0 Å². The molecule has 7 heteroatoms. The second-order valence-corrected chi connectivity index (χ2v) is 9.94. The van der Waals surface area contributed by atoms with Crippen molar-refractivity contribution in [3.63, 3.8) is 0 Å². The zero-order chi connectivity index (χ0) is 22.3. The highest BCUT2D eigenvalue weighted by molar-refractivity contribution is 7.92. The first-order valence-corrected chi connectivity index (χ1v) is 12.3. The lowest BCUT2D eigenvalue weighted by Gasteiger charge is -2.11. The Morgan fingerprint density at radius 3 is 2.75 bits per heavy atom. The van der Waals surface area contributed by atoms with E-state index in [2.05, 4.69) is 34.0 Å². The van der Waals surface area contributed by atoms with E-state index >= 15 is 0 Å². The minimum absolute atomic E-state index is 0.104. The zero-order valence-corrected chi connectivity index (χ0v) is 18.9. The molecule has 4 aromatic rings. The molecule has 0 atom stereocenters. The van der Waals surface area contributed by atoms with Crippen LogP contribution in [0.2, 0.25) is 0 Å². The average molecular weight is 445 g/mol. The van der Waals surface area contributed by atoms with Crippen LogP contribution in [0.4, 0.5) is 5.69 Å². The Hall–Kier alpha value is -3.45. The summed E-state index contributed by atoms with van der Waals surface area (Å²) >= 11 is 0. The molecule has 1 aliphatic rings. The Balaban J connectivity index is 1.50. The number of rotatable bonds is 6. The van der Waals surface area contributed by atoms with Gasteiger partial charge in [-0.2, -0.15) is 0 Å². The lowest BCUT2D eigenvalue weighted by atomic mass is 9.97. The summed E-state index contributed by atoms with van der Waals surface area (Å²) in [5.74, 6) is 0.104. The maximum Gasteiger partial charge on any atom is 0.232 e. The monoisotopic (exact) mass is 444 g/mol. The fourth-order valence-corrected chi connectivity index (χ4v) is 5.31. The van der Waals surface area contributed by atoms with Gasteiger partial charge in [-0.05, 0) is 53.5 Å². The van der Waals surface area contributed by atoms with Gasteiger partial charge in [-0.25, -0.2) is 13.4 Å². The summed E-state index contributed by atoms with van der Waals surface area (Å²) in [6, 6.07) is 15.9. The Morgan fingerprint density at radius 2 is 1.91 bits per heavy atom. The molecule has 2 aromatic carbocycles. The molecule has 0 radical (unpaired) electrons. The summed E-state index contributed by atoms with van der Waals surface area (Å²) in [7, 11) is -1.34. The summed E-state index contributed by atoms with van der Waals surface area (Å²) in [5.41, 5.74) is 8.97. The van der Waals surface area contributed by atoms with E-state index in [0.717, 1.165) is 51.0 Å². The van der Waals surface area contributed by atoms with Crippen LogP contribution in [0.5, 0.6) is 0 Å². The number of benzene rings is 2. The van der Waals surface area contributed by atoms with E-state index in [-0.39, 0.29) is 5.75 Å². The Bertz CT molecular complexity index is 1470. The van der Waals surface area contributed by atoms with E-state index in [0.29, 0.717) is 12.1 Å². The molecule has 5 rings (SSSR count). The lowest BCUT2D eigenvalue weighted by Crippen LogP contribution is -2.16. The molecule has 0 bridgehead atoms. The van der Waals surface area contributed by atoms with Crippen LogP contribution < -0.4 is 4.72 Å². The summed E-state index contributed by atoms with van der Waals surface area (Å²) in [6.45, 7) is 1.85. The first kappa shape index (κ1) is 20.5. The predicted octanol–water partition coefficient (Wildman–Crippen LogP) is 4.77. The van der Waals surface area contributed by atoms with Gasteiger partial charge in [0.1, 0.15) is 0 Å². The third-order valence-electron chi connectivity index (χ3n) is 5.74. The Morgan fingerprint density at radius 1 is 1.03 bits per heavy atom. The molecule has 0 spiro atoms. The first-order valence-electron chi connectivity index (χ1n) is 10.7. The molecule has 0 saturated heterocycles. The van der Waals surface area contributed by atoms with Crippen molar-refractivity contribution in [1.29, 1.82) is 0 Å². The fraction of sp³-hybridized carbons (Fsp3) is 0.200. The third-order valence-corrected chi connectivity index (χ3v) is 7.23. The predicted molar refractivity (Wildman–Crippen MR) is 129 cm³/mol. The summed E-state index contributed by atoms with van der Waals surface area (Å²) in [5, 5.41) is 0. The highest BCUT2D eigenvalue weighted by atomic mass is 32.2. The number of aryl methyl sites for hydroxylation is 1. The number of fused-ring (bicyclic) bond motifs is 2. The molecule has 1 aliphatic carbocycles. The van der Waals surface area contributed by atoms with Gasteiger partial charge in [-0.1, -0.05) is 31.2 Å². The van der Waals surface area contributed by atoms with Crippen LogP contribution >= 0.6 is 0 Å². The van der Waals surface area contributed by atoms with E-state index in [1.54, 1.807) is 6.07 Å². The second-order valence-electron chi connectivity index (χ2n) is 8.10. The Kier molecular flexibility index (Phi) is 5.06. The van der Waals surface area contributed by atoms with Crippen molar-refractivity contribution in [1.82, 2.24) is 14.5 Å². The van der Waals surface area contributed by atoms with Gasteiger partial charge in [0.15, 0.2) is 0 Å². The number of pyridine rings is 1. The number of imidazole rings is 1. The van der Waals surface area contributed by atoms with Gasteiger partial charge in [0, 0.05) is 36.5 Å². The van der Waals surface area contributed by atoms with E-state index in [9.17, 15) is 8.42 Å². The number of hydrogen-bond donors (Lipinski definition) is 1. The largest absolute Gasteiger partial charge is 0.334 e. The molecular weight excluding hydrogens is 420 g/mol. The van der Waals surface area contributed by atoms with E-state index in [4.69, 9.17) is 4.98 Å². The van der Waals surface area contributed by atoms with E-state index < -0.39 is 10.0 Å². The van der Waals surface area contributed by atoms with Crippen LogP contribution in [0.3, 0.4) is 0 Å². The summed E-state index contributed by atoms with van der Waals surface area (Å²) < 4.78 is 29.0. The number of nitrogens with one attached hydrogen (secondary N) is 1. The topological polar surface area (TPSA) is 76.9 Å². The highest BCUT2D eigenvalue weighted by Gasteiger charge is 2.19. The van der Waals surface area contributed by atoms with E-state index in [1.165, 1.54) is 0 Å². The van der Waals surface area contributed by atoms with Crippen molar-refractivity contribution >= 4 is 32.3 Å². The smallest absolute Gasteiger partial charge is 0.232 e. The number of aromatic nitrogens is 3. The van der Waals surface area contributed by atoms with Crippen LogP contribution in [0.1, 0.15) is 30.2 Å². The van der Waals surface area contributed by atoms with Crippen molar-refractivity contribution in [3.05, 3.63) is 84.0 Å². The van der Waals surface area contributed by atoms with Crippen molar-refractivity contribution in [2.45, 2.75) is 19.8 Å². The maximum atomic E-state index is 12.2. The third kappa shape index (κ3) is 3.80. The quantitative estimate of drug-likeness (QED) is 0.465. The number of hydrogen-bond acceptors (Lipinski definition) is 4. The first-order chi connectivity index (χ1) is 15.4. The highest BCUT2D eigenvalue weighted by Crippen LogP contribution is 2.35. The van der Waals surface area contributed by atoms with Crippen LogP contribution in [-0.2, 0) is 23.5 Å². The standard InChI is InChI=1S/C25H24N4O2S/c1-3-11-32(30,31)28-20-6-4-5-17(12-20)19-13-22-21(8-10-23(22)26-15-19)18-7-9-24-25(14-18)29(2)16-27-24/h4-9,12-16,28H,3,10-11H2,1-2H3. The number of allylic oxidation sites excluding steroid dienone is 1. The summed E-state index contributed by atoms with van der Waals surface area (Å²) in [4.78, 5) is 9.12. The molecule has 32 heavy (non-hydrogen) atoms. The van der Waals surface area contributed by atoms with Crippen LogP contribution in [0.15, 0.2) is 67.1 Å². The molecule has 0 fully saturated rings. The molecule has 1 N–H and O–H groups in total. The van der Waals surface area contributed by atoms with Gasteiger partial charge in [-0.15, -0.1) is 0 Å². The Labute approximate surface area is 187 Å². The van der Waals surface area contributed by atoms with Crippen molar-refractivity contribution in [2.24, 2.45) is 7.05 Å². The molecule has 0 amide bonds. The van der Waals surface area contributed by atoms with Crippen molar-refractivity contribution < 1.29 is 8.42 Å². The van der Waals surface area contributed by atoms with Crippen molar-refractivity contribution in [3.8, 4) is 11.1 Å². The van der Waals surface area contributed by atoms with Gasteiger partial charge in [-0.3, -0.25) is 9.71 Å². The summed E-state index contributed by atoms with van der Waals surface area (Å²) in [6.07, 6.45) is 7.27. The number of nitrogens with zero attached hydrogens (tertiary/aromatic N) is 3. The molecule has 6 nitrogen and oxygen atoms in total. The van der Waals surface area contributed by atoms with Crippen LogP contribution in [0.25, 0.3) is 27.7 Å². The second kappa shape index (κ2) is 7.91. The molecule has 0 saturated carbocycles. The van der Waals surface area contributed by atoms with Gasteiger partial charge in [0.05, 0.1) is 28.8 Å². The SMILES string of the molecule is CCCS(=O)(=O)Nc1cccc(-c2cnc3c(c2)C(c2ccc4ncn(C)c4c2)=CC3)c1.